The summed E-state index contributed by atoms with van der Waals surface area (Å²) < 4.78 is 0. The number of carbonyl (C=O) groups excluding carboxylic acids is 1. The van der Waals surface area contributed by atoms with Gasteiger partial charge in [-0.25, -0.2) is 9.97 Å². The Morgan fingerprint density at radius 3 is 2.72 bits per heavy atom. The number of para-hydroxylation sites is 1. The zero-order valence-corrected chi connectivity index (χ0v) is 18.5. The van der Waals surface area contributed by atoms with Gasteiger partial charge in [-0.1, -0.05) is 38.1 Å². The molecule has 0 aliphatic carbocycles. The van der Waals surface area contributed by atoms with Crippen LogP contribution in [0.2, 0.25) is 0 Å². The summed E-state index contributed by atoms with van der Waals surface area (Å²) in [6.45, 7) is 6.57. The number of nitrogens with two attached hydrogens (primary N) is 1. The highest BCUT2D eigenvalue weighted by molar-refractivity contribution is 5.94. The topological polar surface area (TPSA) is 101 Å². The summed E-state index contributed by atoms with van der Waals surface area (Å²) in [6, 6.07) is 15.6. The first kappa shape index (κ1) is 20.2. The van der Waals surface area contributed by atoms with Gasteiger partial charge in [0.25, 0.3) is 5.91 Å². The molecule has 4 heterocycles. The van der Waals surface area contributed by atoms with Crippen LogP contribution in [0.3, 0.4) is 0 Å². The van der Waals surface area contributed by atoms with Crippen LogP contribution in [-0.4, -0.2) is 37.3 Å². The summed E-state index contributed by atoms with van der Waals surface area (Å²) in [5.41, 5.74) is 12.1. The average molecular weight is 427 g/mol. The molecule has 0 fully saturated rings. The highest BCUT2D eigenvalue weighted by atomic mass is 16.2. The van der Waals surface area contributed by atoms with E-state index in [0.717, 1.165) is 34.7 Å². The third-order valence-corrected chi connectivity index (χ3v) is 6.06. The van der Waals surface area contributed by atoms with Crippen molar-refractivity contribution in [3.8, 4) is 0 Å². The van der Waals surface area contributed by atoms with Gasteiger partial charge in [0.1, 0.15) is 11.7 Å². The van der Waals surface area contributed by atoms with E-state index in [1.807, 2.05) is 56.0 Å². The number of H-pyrrole nitrogens is 1. The van der Waals surface area contributed by atoms with Crippen molar-refractivity contribution in [3.63, 3.8) is 0 Å². The molecule has 0 spiro atoms. The highest BCUT2D eigenvalue weighted by Crippen LogP contribution is 2.38. The lowest BCUT2D eigenvalue weighted by molar-refractivity contribution is 0.0682. The van der Waals surface area contributed by atoms with Crippen LogP contribution in [0.4, 0.5) is 5.95 Å². The molecule has 1 atom stereocenters. The van der Waals surface area contributed by atoms with Crippen molar-refractivity contribution in [3.05, 3.63) is 82.6 Å². The first-order chi connectivity index (χ1) is 15.4. The minimum atomic E-state index is -0.336. The fourth-order valence-corrected chi connectivity index (χ4v) is 4.52. The molecule has 162 valence electrons. The van der Waals surface area contributed by atoms with Gasteiger partial charge >= 0.3 is 0 Å². The molecule has 5 rings (SSSR count). The third kappa shape index (κ3) is 3.39. The lowest BCUT2D eigenvalue weighted by Crippen LogP contribution is -2.41. The Morgan fingerprint density at radius 2 is 1.94 bits per heavy atom. The number of aromatic nitrogens is 4. The number of nitrogens with zero attached hydrogens (tertiary/aromatic N) is 4. The van der Waals surface area contributed by atoms with Gasteiger partial charge in [-0.05, 0) is 49.1 Å². The smallest absolute Gasteiger partial charge is 0.273 e. The fourth-order valence-electron chi connectivity index (χ4n) is 4.52. The quantitative estimate of drug-likeness (QED) is 0.512. The number of benzene rings is 1. The van der Waals surface area contributed by atoms with Crippen molar-refractivity contribution in [1.82, 2.24) is 24.8 Å². The van der Waals surface area contributed by atoms with Crippen molar-refractivity contribution in [2.75, 3.05) is 12.3 Å². The molecule has 1 aromatic carbocycles. The maximum Gasteiger partial charge on any atom is 0.273 e. The average Bonchev–Trinajstić information content (AvgIpc) is 3.16. The van der Waals surface area contributed by atoms with Crippen LogP contribution < -0.4 is 5.73 Å². The summed E-state index contributed by atoms with van der Waals surface area (Å²) >= 11 is 0. The lowest BCUT2D eigenvalue weighted by Gasteiger charge is -2.35. The van der Waals surface area contributed by atoms with Crippen LogP contribution in [0.25, 0.3) is 10.9 Å². The number of aromatic amines is 1. The third-order valence-electron chi connectivity index (χ3n) is 6.06. The van der Waals surface area contributed by atoms with E-state index in [-0.39, 0.29) is 23.8 Å². The Morgan fingerprint density at radius 1 is 1.12 bits per heavy atom. The van der Waals surface area contributed by atoms with Gasteiger partial charge in [0.05, 0.1) is 5.69 Å². The molecule has 0 unspecified atom stereocenters. The molecule has 3 N–H and O–H groups in total. The molecule has 32 heavy (non-hydrogen) atoms. The highest BCUT2D eigenvalue weighted by Gasteiger charge is 2.36. The predicted molar refractivity (Wildman–Crippen MR) is 124 cm³/mol. The van der Waals surface area contributed by atoms with E-state index in [1.54, 1.807) is 6.07 Å². The molecular weight excluding hydrogens is 400 g/mol. The minimum Gasteiger partial charge on any atom is -0.368 e. The van der Waals surface area contributed by atoms with Gasteiger partial charge in [-0.15, -0.1) is 0 Å². The van der Waals surface area contributed by atoms with Crippen molar-refractivity contribution in [2.24, 2.45) is 0 Å². The number of hydrogen-bond acceptors (Lipinski definition) is 5. The molecular formula is C25H26N6O. The van der Waals surface area contributed by atoms with Crippen LogP contribution in [0.5, 0.6) is 0 Å². The van der Waals surface area contributed by atoms with E-state index in [2.05, 4.69) is 27.1 Å². The predicted octanol–water partition coefficient (Wildman–Crippen LogP) is 4.15. The van der Waals surface area contributed by atoms with Gasteiger partial charge in [0.15, 0.2) is 0 Å². The van der Waals surface area contributed by atoms with Crippen LogP contribution in [0, 0.1) is 6.92 Å². The van der Waals surface area contributed by atoms with Crippen LogP contribution in [-0.2, 0) is 6.42 Å². The SMILES string of the molecule is Cc1cccc([C@@H]2c3[nH]c4ccccc4c3CCN2C(=O)c2cc(C(C)C)nc(N)n2)n1. The number of aryl methyl sites for hydroxylation is 1. The number of pyridine rings is 1. The molecule has 7 nitrogen and oxygen atoms in total. The molecule has 0 radical (unpaired) electrons. The van der Waals surface area contributed by atoms with Crippen molar-refractivity contribution < 1.29 is 4.79 Å². The zero-order valence-electron chi connectivity index (χ0n) is 18.5. The van der Waals surface area contributed by atoms with Crippen LogP contribution in [0.15, 0.2) is 48.5 Å². The molecule has 1 aliphatic rings. The first-order valence-electron chi connectivity index (χ1n) is 10.9. The Labute approximate surface area is 186 Å². The molecule has 1 amide bonds. The maximum absolute atomic E-state index is 13.8. The summed E-state index contributed by atoms with van der Waals surface area (Å²) in [4.78, 5) is 32.5. The van der Waals surface area contributed by atoms with E-state index in [4.69, 9.17) is 10.7 Å². The summed E-state index contributed by atoms with van der Waals surface area (Å²) in [5.74, 6) is 0.0921. The number of hydrogen-bond donors (Lipinski definition) is 2. The Bertz CT molecular complexity index is 1330. The second-order valence-corrected chi connectivity index (χ2v) is 8.61. The Hall–Kier alpha value is -3.74. The largest absolute Gasteiger partial charge is 0.368 e. The molecule has 7 heteroatoms. The fraction of sp³-hybridized carbons (Fsp3) is 0.280. The summed E-state index contributed by atoms with van der Waals surface area (Å²) in [6.07, 6.45) is 0.755. The molecule has 3 aromatic heterocycles. The van der Waals surface area contributed by atoms with Gasteiger partial charge < -0.3 is 15.6 Å². The molecule has 4 aromatic rings. The Kier molecular flexibility index (Phi) is 4.89. The second-order valence-electron chi connectivity index (χ2n) is 8.61. The number of amides is 1. The number of nitrogens with one attached hydrogen (secondary N) is 1. The Balaban J connectivity index is 1.65. The molecule has 1 aliphatic heterocycles. The zero-order chi connectivity index (χ0) is 22.4. The second kappa shape index (κ2) is 7.75. The monoisotopic (exact) mass is 426 g/mol. The van der Waals surface area contributed by atoms with Gasteiger partial charge in [0.2, 0.25) is 5.95 Å². The standard InChI is InChI=1S/C25H26N6O/c1-14(2)20-13-21(30-25(26)29-20)24(32)31-12-11-17-16-8-4-5-9-18(16)28-22(17)23(31)19-10-6-7-15(3)27-19/h4-10,13-14,23,28H,11-12H2,1-3H3,(H2,26,29,30)/t23-/m1/s1. The molecule has 0 saturated heterocycles. The van der Waals surface area contributed by atoms with Crippen LogP contribution in [0.1, 0.15) is 64.6 Å². The van der Waals surface area contributed by atoms with E-state index in [0.29, 0.717) is 12.2 Å². The number of rotatable bonds is 3. The van der Waals surface area contributed by atoms with Gasteiger partial charge in [-0.2, -0.15) is 0 Å². The van der Waals surface area contributed by atoms with E-state index in [9.17, 15) is 4.79 Å². The van der Waals surface area contributed by atoms with E-state index >= 15 is 0 Å². The van der Waals surface area contributed by atoms with E-state index < -0.39 is 0 Å². The first-order valence-corrected chi connectivity index (χ1v) is 10.9. The molecule has 0 saturated carbocycles. The summed E-state index contributed by atoms with van der Waals surface area (Å²) in [5, 5.41) is 1.20. The minimum absolute atomic E-state index is 0.119. The summed E-state index contributed by atoms with van der Waals surface area (Å²) in [7, 11) is 0. The lowest BCUT2D eigenvalue weighted by atomic mass is 9.94. The van der Waals surface area contributed by atoms with Gasteiger partial charge in [0, 0.05) is 34.5 Å². The van der Waals surface area contributed by atoms with E-state index in [1.165, 1.54) is 10.9 Å². The van der Waals surface area contributed by atoms with Gasteiger partial charge in [-0.3, -0.25) is 9.78 Å². The number of anilines is 1. The van der Waals surface area contributed by atoms with Crippen molar-refractivity contribution >= 4 is 22.8 Å². The number of carbonyl (C=O) groups is 1. The number of fused-ring (bicyclic) bond motifs is 3. The number of nitrogen functional groups attached to an aromatic ring is 1. The van der Waals surface area contributed by atoms with Crippen molar-refractivity contribution in [1.29, 1.82) is 0 Å². The van der Waals surface area contributed by atoms with Crippen LogP contribution >= 0.6 is 0 Å². The van der Waals surface area contributed by atoms with Crippen molar-refractivity contribution in [2.45, 2.75) is 39.2 Å². The maximum atomic E-state index is 13.8. The molecule has 0 bridgehead atoms. The normalized spacial score (nSPS) is 15.9.